The van der Waals surface area contributed by atoms with Crippen LogP contribution < -0.4 is 14.8 Å². The van der Waals surface area contributed by atoms with Crippen molar-refractivity contribution >= 4 is 27.5 Å². The Balaban J connectivity index is 1.60. The molecule has 0 spiro atoms. The first-order valence-corrected chi connectivity index (χ1v) is 12.0. The third-order valence-corrected chi connectivity index (χ3v) is 6.71. The first-order chi connectivity index (χ1) is 15.3. The van der Waals surface area contributed by atoms with Crippen LogP contribution in [0, 0.1) is 0 Å². The fourth-order valence-corrected chi connectivity index (χ4v) is 4.69. The third kappa shape index (κ3) is 6.32. The predicted octanol–water partition coefficient (Wildman–Crippen LogP) is 4.64. The first kappa shape index (κ1) is 23.8. The second kappa shape index (κ2) is 10.6. The van der Waals surface area contributed by atoms with Crippen LogP contribution in [0.5, 0.6) is 5.75 Å². The largest absolute Gasteiger partial charge is 0.482 e. The number of halogens is 1. The highest BCUT2D eigenvalue weighted by molar-refractivity contribution is 7.89. The van der Waals surface area contributed by atoms with E-state index in [2.05, 4.69) is 10.0 Å². The number of amides is 1. The summed E-state index contributed by atoms with van der Waals surface area (Å²) in [5.74, 6) is -0.0864. The van der Waals surface area contributed by atoms with Crippen LogP contribution >= 0.6 is 11.6 Å². The number of sulfonamides is 1. The van der Waals surface area contributed by atoms with Gasteiger partial charge in [-0.1, -0.05) is 72.3 Å². The van der Waals surface area contributed by atoms with Crippen LogP contribution in [0.3, 0.4) is 0 Å². The fraction of sp³-hybridized carbons (Fsp3) is 0.208. The van der Waals surface area contributed by atoms with Crippen molar-refractivity contribution in [1.82, 2.24) is 10.0 Å². The van der Waals surface area contributed by atoms with E-state index in [-0.39, 0.29) is 34.2 Å². The van der Waals surface area contributed by atoms with Crippen molar-refractivity contribution in [3.63, 3.8) is 0 Å². The Labute approximate surface area is 193 Å². The lowest BCUT2D eigenvalue weighted by Gasteiger charge is -2.16. The molecule has 0 aliphatic rings. The minimum atomic E-state index is -3.79. The zero-order valence-corrected chi connectivity index (χ0v) is 19.4. The van der Waals surface area contributed by atoms with Crippen molar-refractivity contribution < 1.29 is 17.9 Å². The first-order valence-electron chi connectivity index (χ1n) is 10.1. The van der Waals surface area contributed by atoms with E-state index in [0.717, 1.165) is 11.1 Å². The van der Waals surface area contributed by atoms with E-state index < -0.39 is 16.1 Å². The van der Waals surface area contributed by atoms with Gasteiger partial charge in [-0.25, -0.2) is 13.1 Å². The van der Waals surface area contributed by atoms with E-state index in [1.807, 2.05) is 67.6 Å². The van der Waals surface area contributed by atoms with E-state index >= 15 is 0 Å². The Kier molecular flexibility index (Phi) is 7.90. The van der Waals surface area contributed by atoms with E-state index in [4.69, 9.17) is 16.3 Å². The summed E-state index contributed by atoms with van der Waals surface area (Å²) in [6.45, 7) is 3.40. The Morgan fingerprint density at radius 2 is 1.47 bits per heavy atom. The van der Waals surface area contributed by atoms with Gasteiger partial charge in [0.1, 0.15) is 5.75 Å². The van der Waals surface area contributed by atoms with E-state index in [9.17, 15) is 13.2 Å². The third-order valence-electron chi connectivity index (χ3n) is 4.88. The second-order valence-corrected chi connectivity index (χ2v) is 9.46. The number of benzene rings is 3. The molecule has 3 aromatic carbocycles. The molecule has 0 fully saturated rings. The van der Waals surface area contributed by atoms with Gasteiger partial charge in [0, 0.05) is 6.04 Å². The molecule has 3 rings (SSSR count). The van der Waals surface area contributed by atoms with Crippen LogP contribution in [-0.2, 0) is 14.8 Å². The molecule has 0 bridgehead atoms. The highest BCUT2D eigenvalue weighted by Gasteiger charge is 2.20. The average molecular weight is 473 g/mol. The molecule has 3 aromatic rings. The van der Waals surface area contributed by atoms with Gasteiger partial charge in [-0.15, -0.1) is 0 Å². The normalized spacial score (nSPS) is 13.2. The monoisotopic (exact) mass is 472 g/mol. The number of ether oxygens (including phenoxy) is 1. The number of carbonyl (C=O) groups excluding carboxylic acids is 1. The SMILES string of the molecule is C[C@H](NS(=O)(=O)c1ccc(OCC(=O)N[C@H](C)c2ccccc2)c(Cl)c1)c1ccccc1. The molecule has 0 aliphatic carbocycles. The molecule has 168 valence electrons. The van der Waals surface area contributed by atoms with Gasteiger partial charge in [-0.05, 0) is 43.2 Å². The topological polar surface area (TPSA) is 84.5 Å². The smallest absolute Gasteiger partial charge is 0.258 e. The van der Waals surface area contributed by atoms with Crippen LogP contribution in [0.2, 0.25) is 5.02 Å². The molecule has 0 saturated heterocycles. The molecule has 2 atom stereocenters. The highest BCUT2D eigenvalue weighted by atomic mass is 35.5. The van der Waals surface area contributed by atoms with Crippen LogP contribution in [0.1, 0.15) is 37.1 Å². The summed E-state index contributed by atoms with van der Waals surface area (Å²) in [4.78, 5) is 12.2. The molecular weight excluding hydrogens is 448 g/mol. The van der Waals surface area contributed by atoms with Gasteiger partial charge in [-0.2, -0.15) is 0 Å². The summed E-state index contributed by atoms with van der Waals surface area (Å²) < 4.78 is 33.6. The lowest BCUT2D eigenvalue weighted by atomic mass is 10.1. The Hall–Kier alpha value is -2.87. The van der Waals surface area contributed by atoms with Gasteiger partial charge >= 0.3 is 0 Å². The summed E-state index contributed by atoms with van der Waals surface area (Å²) in [7, 11) is -3.79. The molecule has 1 amide bonds. The van der Waals surface area contributed by atoms with Gasteiger partial charge in [0.05, 0.1) is 16.0 Å². The zero-order valence-electron chi connectivity index (χ0n) is 17.8. The molecule has 0 aliphatic heterocycles. The van der Waals surface area contributed by atoms with Crippen molar-refractivity contribution in [1.29, 1.82) is 0 Å². The van der Waals surface area contributed by atoms with Crippen molar-refractivity contribution in [3.05, 3.63) is 95.0 Å². The fourth-order valence-electron chi connectivity index (χ4n) is 3.13. The van der Waals surface area contributed by atoms with Gasteiger partial charge in [0.15, 0.2) is 6.61 Å². The molecular formula is C24H25ClN2O4S. The standard InChI is InChI=1S/C24H25ClN2O4S/c1-17(19-9-5-3-6-10-19)26-24(28)16-31-23-14-13-21(15-22(23)25)32(29,30)27-18(2)20-11-7-4-8-12-20/h3-15,17-18,27H,16H2,1-2H3,(H,26,28)/t17-,18+/m1/s1. The predicted molar refractivity (Wildman–Crippen MR) is 125 cm³/mol. The molecule has 0 radical (unpaired) electrons. The molecule has 0 saturated carbocycles. The summed E-state index contributed by atoms with van der Waals surface area (Å²) in [5.41, 5.74) is 1.82. The number of carbonyl (C=O) groups is 1. The van der Waals surface area contributed by atoms with Crippen LogP contribution in [0.25, 0.3) is 0 Å². The summed E-state index contributed by atoms with van der Waals surface area (Å²) >= 11 is 6.23. The van der Waals surface area contributed by atoms with Crippen molar-refractivity contribution in [2.45, 2.75) is 30.8 Å². The number of hydrogen-bond acceptors (Lipinski definition) is 4. The lowest BCUT2D eigenvalue weighted by Crippen LogP contribution is -2.31. The highest BCUT2D eigenvalue weighted by Crippen LogP contribution is 2.28. The van der Waals surface area contributed by atoms with E-state index in [1.165, 1.54) is 18.2 Å². The average Bonchev–Trinajstić information content (AvgIpc) is 2.79. The van der Waals surface area contributed by atoms with Crippen molar-refractivity contribution in [2.75, 3.05) is 6.61 Å². The van der Waals surface area contributed by atoms with Gasteiger partial charge < -0.3 is 10.1 Å². The van der Waals surface area contributed by atoms with Crippen molar-refractivity contribution in [3.8, 4) is 5.75 Å². The minimum absolute atomic E-state index is 0.0137. The quantitative estimate of drug-likeness (QED) is 0.475. The number of rotatable bonds is 9. The van der Waals surface area contributed by atoms with E-state index in [1.54, 1.807) is 6.92 Å². The molecule has 0 aromatic heterocycles. The number of nitrogens with one attached hydrogen (secondary N) is 2. The Morgan fingerprint density at radius 1 is 0.906 bits per heavy atom. The van der Waals surface area contributed by atoms with Gasteiger partial charge in [0.2, 0.25) is 10.0 Å². The Bertz CT molecular complexity index is 1160. The molecule has 0 unspecified atom stereocenters. The van der Waals surface area contributed by atoms with Crippen molar-refractivity contribution in [2.24, 2.45) is 0 Å². The van der Waals surface area contributed by atoms with Crippen LogP contribution in [0.15, 0.2) is 83.8 Å². The Morgan fingerprint density at radius 3 is 2.03 bits per heavy atom. The zero-order chi connectivity index (χ0) is 23.1. The molecule has 0 heterocycles. The summed E-state index contributed by atoms with van der Waals surface area (Å²) in [5, 5.41) is 2.95. The van der Waals surface area contributed by atoms with Crippen LogP contribution in [-0.4, -0.2) is 20.9 Å². The molecule has 8 heteroatoms. The maximum absolute atomic E-state index is 12.7. The summed E-state index contributed by atoms with van der Waals surface area (Å²) in [6.07, 6.45) is 0. The number of hydrogen-bond donors (Lipinski definition) is 2. The molecule has 32 heavy (non-hydrogen) atoms. The minimum Gasteiger partial charge on any atom is -0.482 e. The molecule has 2 N–H and O–H groups in total. The van der Waals surface area contributed by atoms with Gasteiger partial charge in [-0.3, -0.25) is 4.79 Å². The molecule has 6 nitrogen and oxygen atoms in total. The van der Waals surface area contributed by atoms with Crippen LogP contribution in [0.4, 0.5) is 0 Å². The maximum Gasteiger partial charge on any atom is 0.258 e. The lowest BCUT2D eigenvalue weighted by molar-refractivity contribution is -0.123. The summed E-state index contributed by atoms with van der Waals surface area (Å²) in [6, 6.07) is 22.4. The van der Waals surface area contributed by atoms with E-state index in [0.29, 0.717) is 0 Å². The van der Waals surface area contributed by atoms with Gasteiger partial charge in [0.25, 0.3) is 5.91 Å². The maximum atomic E-state index is 12.7. The second-order valence-electron chi connectivity index (χ2n) is 7.33.